The minimum atomic E-state index is 0.0580. The first-order valence-corrected chi connectivity index (χ1v) is 7.80. The Balaban J connectivity index is 2.01. The SMILES string of the molecule is CC1CCCCCC1NC(=O)c1cccc(CCN)c1. The van der Waals surface area contributed by atoms with Crippen molar-refractivity contribution in [1.82, 2.24) is 5.32 Å². The molecule has 1 aromatic carbocycles. The summed E-state index contributed by atoms with van der Waals surface area (Å²) in [7, 11) is 0. The van der Waals surface area contributed by atoms with Gasteiger partial charge in [-0.05, 0) is 49.4 Å². The molecule has 3 N–H and O–H groups in total. The van der Waals surface area contributed by atoms with Gasteiger partial charge < -0.3 is 11.1 Å². The molecule has 2 unspecified atom stereocenters. The quantitative estimate of drug-likeness (QED) is 0.829. The van der Waals surface area contributed by atoms with Gasteiger partial charge in [-0.15, -0.1) is 0 Å². The van der Waals surface area contributed by atoms with Gasteiger partial charge in [-0.25, -0.2) is 0 Å². The molecule has 2 atom stereocenters. The predicted molar refractivity (Wildman–Crippen MR) is 82.7 cm³/mol. The maximum absolute atomic E-state index is 12.4. The monoisotopic (exact) mass is 274 g/mol. The zero-order valence-corrected chi connectivity index (χ0v) is 12.4. The van der Waals surface area contributed by atoms with E-state index >= 15 is 0 Å². The van der Waals surface area contributed by atoms with E-state index in [9.17, 15) is 4.79 Å². The lowest BCUT2D eigenvalue weighted by atomic mass is 9.96. The van der Waals surface area contributed by atoms with E-state index in [0.29, 0.717) is 18.5 Å². The van der Waals surface area contributed by atoms with Crippen molar-refractivity contribution in [3.63, 3.8) is 0 Å². The lowest BCUT2D eigenvalue weighted by Crippen LogP contribution is -2.38. The van der Waals surface area contributed by atoms with E-state index in [1.165, 1.54) is 25.7 Å². The van der Waals surface area contributed by atoms with Crippen molar-refractivity contribution < 1.29 is 4.79 Å². The number of hydrogen-bond acceptors (Lipinski definition) is 2. The second-order valence-corrected chi connectivity index (χ2v) is 5.93. The Morgan fingerprint density at radius 3 is 2.90 bits per heavy atom. The van der Waals surface area contributed by atoms with Gasteiger partial charge in [0, 0.05) is 11.6 Å². The molecule has 1 aromatic rings. The van der Waals surface area contributed by atoms with Gasteiger partial charge in [0.05, 0.1) is 0 Å². The molecule has 20 heavy (non-hydrogen) atoms. The van der Waals surface area contributed by atoms with Crippen molar-refractivity contribution in [1.29, 1.82) is 0 Å². The summed E-state index contributed by atoms with van der Waals surface area (Å²) in [6.45, 7) is 2.87. The summed E-state index contributed by atoms with van der Waals surface area (Å²) in [6.07, 6.45) is 6.96. The third-order valence-corrected chi connectivity index (χ3v) is 4.30. The smallest absolute Gasteiger partial charge is 0.251 e. The molecule has 0 aromatic heterocycles. The molecule has 0 aliphatic heterocycles. The molecular weight excluding hydrogens is 248 g/mol. The Kier molecular flexibility index (Phi) is 5.60. The summed E-state index contributed by atoms with van der Waals surface area (Å²) in [4.78, 5) is 12.4. The number of benzene rings is 1. The third-order valence-electron chi connectivity index (χ3n) is 4.30. The van der Waals surface area contributed by atoms with Crippen LogP contribution < -0.4 is 11.1 Å². The van der Waals surface area contributed by atoms with Crippen LogP contribution in [0.2, 0.25) is 0 Å². The highest BCUT2D eigenvalue weighted by atomic mass is 16.1. The minimum absolute atomic E-state index is 0.0580. The Hall–Kier alpha value is -1.35. The Morgan fingerprint density at radius 1 is 1.30 bits per heavy atom. The van der Waals surface area contributed by atoms with Crippen molar-refractivity contribution in [2.45, 2.75) is 51.5 Å². The van der Waals surface area contributed by atoms with Gasteiger partial charge in [-0.1, -0.05) is 38.3 Å². The number of nitrogens with two attached hydrogens (primary N) is 1. The normalized spacial score (nSPS) is 23.1. The predicted octanol–water partition coefficient (Wildman–Crippen LogP) is 2.89. The molecule has 1 aliphatic rings. The highest BCUT2D eigenvalue weighted by molar-refractivity contribution is 5.94. The number of hydrogen-bond donors (Lipinski definition) is 2. The molecule has 1 aliphatic carbocycles. The fraction of sp³-hybridized carbons (Fsp3) is 0.588. The number of nitrogens with one attached hydrogen (secondary N) is 1. The van der Waals surface area contributed by atoms with Crippen molar-refractivity contribution in [2.75, 3.05) is 6.54 Å². The topological polar surface area (TPSA) is 55.1 Å². The van der Waals surface area contributed by atoms with Crippen LogP contribution in [0.1, 0.15) is 54.9 Å². The summed E-state index contributed by atoms with van der Waals surface area (Å²) in [5, 5.41) is 3.22. The van der Waals surface area contributed by atoms with Crippen LogP contribution in [-0.4, -0.2) is 18.5 Å². The molecule has 2 rings (SSSR count). The lowest BCUT2D eigenvalue weighted by Gasteiger charge is -2.23. The minimum Gasteiger partial charge on any atom is -0.349 e. The highest BCUT2D eigenvalue weighted by Gasteiger charge is 2.22. The van der Waals surface area contributed by atoms with Gasteiger partial charge in [0.2, 0.25) is 0 Å². The zero-order chi connectivity index (χ0) is 14.4. The lowest BCUT2D eigenvalue weighted by molar-refractivity contribution is 0.0921. The van der Waals surface area contributed by atoms with E-state index in [0.717, 1.165) is 24.0 Å². The second-order valence-electron chi connectivity index (χ2n) is 5.93. The van der Waals surface area contributed by atoms with Crippen molar-refractivity contribution in [3.8, 4) is 0 Å². The summed E-state index contributed by atoms with van der Waals surface area (Å²) in [5.41, 5.74) is 7.46. The molecule has 0 bridgehead atoms. The van der Waals surface area contributed by atoms with Crippen LogP contribution in [0.3, 0.4) is 0 Å². The van der Waals surface area contributed by atoms with Gasteiger partial charge >= 0.3 is 0 Å². The standard InChI is InChI=1S/C17H26N2O/c1-13-6-3-2-4-9-16(13)19-17(20)15-8-5-7-14(12-15)10-11-18/h5,7-8,12-13,16H,2-4,6,9-11,18H2,1H3,(H,19,20). The molecule has 0 saturated heterocycles. The van der Waals surface area contributed by atoms with Crippen LogP contribution in [-0.2, 0) is 6.42 Å². The third kappa shape index (κ3) is 4.07. The maximum atomic E-state index is 12.4. The average molecular weight is 274 g/mol. The van der Waals surface area contributed by atoms with E-state index in [2.05, 4.69) is 12.2 Å². The van der Waals surface area contributed by atoms with Crippen molar-refractivity contribution in [2.24, 2.45) is 11.7 Å². The largest absolute Gasteiger partial charge is 0.349 e. The Labute approximate surface area is 121 Å². The van der Waals surface area contributed by atoms with E-state index < -0.39 is 0 Å². The van der Waals surface area contributed by atoms with Crippen molar-refractivity contribution >= 4 is 5.91 Å². The van der Waals surface area contributed by atoms with Gasteiger partial charge in [0.15, 0.2) is 0 Å². The first-order valence-electron chi connectivity index (χ1n) is 7.80. The van der Waals surface area contributed by atoms with Crippen LogP contribution in [0.5, 0.6) is 0 Å². The van der Waals surface area contributed by atoms with Crippen LogP contribution in [0.25, 0.3) is 0 Å². The van der Waals surface area contributed by atoms with Crippen LogP contribution >= 0.6 is 0 Å². The summed E-state index contributed by atoms with van der Waals surface area (Å²) in [6, 6.07) is 8.14. The molecular formula is C17H26N2O. The number of carbonyl (C=O) groups excluding carboxylic acids is 1. The van der Waals surface area contributed by atoms with E-state index in [1.54, 1.807) is 0 Å². The maximum Gasteiger partial charge on any atom is 0.251 e. The first-order chi connectivity index (χ1) is 9.70. The fourth-order valence-corrected chi connectivity index (χ4v) is 2.99. The van der Waals surface area contributed by atoms with Crippen LogP contribution in [0.4, 0.5) is 0 Å². The molecule has 110 valence electrons. The number of carbonyl (C=O) groups is 1. The molecule has 0 heterocycles. The Bertz CT molecular complexity index is 444. The summed E-state index contributed by atoms with van der Waals surface area (Å²) < 4.78 is 0. The van der Waals surface area contributed by atoms with Gasteiger partial charge in [-0.3, -0.25) is 4.79 Å². The molecule has 1 amide bonds. The average Bonchev–Trinajstić information content (AvgIpc) is 2.65. The molecule has 3 heteroatoms. The molecule has 0 radical (unpaired) electrons. The van der Waals surface area contributed by atoms with Gasteiger partial charge in [-0.2, -0.15) is 0 Å². The van der Waals surface area contributed by atoms with Gasteiger partial charge in [0.25, 0.3) is 5.91 Å². The van der Waals surface area contributed by atoms with Crippen LogP contribution in [0, 0.1) is 5.92 Å². The highest BCUT2D eigenvalue weighted by Crippen LogP contribution is 2.23. The van der Waals surface area contributed by atoms with Crippen molar-refractivity contribution in [3.05, 3.63) is 35.4 Å². The van der Waals surface area contributed by atoms with Gasteiger partial charge in [0.1, 0.15) is 0 Å². The number of amides is 1. The summed E-state index contributed by atoms with van der Waals surface area (Å²) >= 11 is 0. The van der Waals surface area contributed by atoms with E-state index in [-0.39, 0.29) is 5.91 Å². The molecule has 1 fully saturated rings. The van der Waals surface area contributed by atoms with E-state index in [1.807, 2.05) is 24.3 Å². The fourth-order valence-electron chi connectivity index (χ4n) is 2.99. The molecule has 3 nitrogen and oxygen atoms in total. The second kappa shape index (κ2) is 7.44. The Morgan fingerprint density at radius 2 is 2.10 bits per heavy atom. The van der Waals surface area contributed by atoms with Crippen LogP contribution in [0.15, 0.2) is 24.3 Å². The zero-order valence-electron chi connectivity index (χ0n) is 12.4. The van der Waals surface area contributed by atoms with E-state index in [4.69, 9.17) is 5.73 Å². The first kappa shape index (κ1) is 15.0. The summed E-state index contributed by atoms with van der Waals surface area (Å²) in [5.74, 6) is 0.635. The number of rotatable bonds is 4. The molecule has 0 spiro atoms. The molecule has 1 saturated carbocycles.